The second-order valence-corrected chi connectivity index (χ2v) is 3.99. The van der Waals surface area contributed by atoms with Crippen LogP contribution in [0, 0.1) is 0 Å². The molecule has 1 heterocycles. The maximum Gasteiger partial charge on any atom is 0.252 e. The van der Waals surface area contributed by atoms with E-state index in [0.717, 1.165) is 0 Å². The molecule has 0 aromatic carbocycles. The van der Waals surface area contributed by atoms with Crippen molar-refractivity contribution in [2.45, 2.75) is 13.0 Å². The fourth-order valence-corrected chi connectivity index (χ4v) is 1.06. The van der Waals surface area contributed by atoms with E-state index in [1.54, 1.807) is 12.1 Å². The zero-order valence-electron chi connectivity index (χ0n) is 9.90. The zero-order valence-corrected chi connectivity index (χ0v) is 9.90. The molecule has 5 nitrogen and oxygen atoms in total. The Morgan fingerprint density at radius 3 is 2.75 bits per heavy atom. The lowest BCUT2D eigenvalue weighted by atomic mass is 10.2. The van der Waals surface area contributed by atoms with E-state index in [0.29, 0.717) is 24.0 Å². The molecule has 1 aromatic rings. The number of nitrogen functional groups attached to an aromatic ring is 1. The first-order valence-corrected chi connectivity index (χ1v) is 5.17. The summed E-state index contributed by atoms with van der Waals surface area (Å²) in [4.78, 5) is 17.6. The molecular formula is C11H18N4O. The number of pyridine rings is 1. The molecule has 0 aliphatic carbocycles. The first kappa shape index (κ1) is 12.4. The molecule has 1 rings (SSSR count). The Hall–Kier alpha value is -1.62. The minimum Gasteiger partial charge on any atom is -0.384 e. The number of anilines is 1. The molecule has 88 valence electrons. The number of nitrogens with two attached hydrogens (primary N) is 1. The Kier molecular flexibility index (Phi) is 4.25. The van der Waals surface area contributed by atoms with Crippen molar-refractivity contribution < 1.29 is 4.79 Å². The number of hydrogen-bond donors (Lipinski definition) is 2. The number of amides is 1. The molecule has 3 N–H and O–H groups in total. The molecule has 5 heteroatoms. The second kappa shape index (κ2) is 5.46. The topological polar surface area (TPSA) is 71.2 Å². The number of carbonyl (C=O) groups is 1. The van der Waals surface area contributed by atoms with Gasteiger partial charge in [-0.3, -0.25) is 4.79 Å². The van der Waals surface area contributed by atoms with Crippen molar-refractivity contribution in [1.29, 1.82) is 0 Å². The third-order valence-electron chi connectivity index (χ3n) is 2.49. The van der Waals surface area contributed by atoms with Gasteiger partial charge in [-0.2, -0.15) is 0 Å². The lowest BCUT2D eigenvalue weighted by Crippen LogP contribution is -2.38. The molecule has 0 bridgehead atoms. The molecule has 0 spiro atoms. The minimum absolute atomic E-state index is 0.124. The summed E-state index contributed by atoms with van der Waals surface area (Å²) in [5, 5.41) is 2.84. The summed E-state index contributed by atoms with van der Waals surface area (Å²) < 4.78 is 0. The number of hydrogen-bond acceptors (Lipinski definition) is 4. The third-order valence-corrected chi connectivity index (χ3v) is 2.49. The van der Waals surface area contributed by atoms with Gasteiger partial charge in [-0.25, -0.2) is 4.98 Å². The molecule has 0 saturated heterocycles. The third kappa shape index (κ3) is 3.51. The predicted octanol–water partition coefficient (Wildman–Crippen LogP) is 0.344. The largest absolute Gasteiger partial charge is 0.384 e. The summed E-state index contributed by atoms with van der Waals surface area (Å²) in [5.74, 6) is 0.291. The van der Waals surface area contributed by atoms with Gasteiger partial charge in [0.15, 0.2) is 0 Å². The maximum atomic E-state index is 11.7. The molecular weight excluding hydrogens is 204 g/mol. The van der Waals surface area contributed by atoms with Crippen LogP contribution in [0.3, 0.4) is 0 Å². The first-order valence-electron chi connectivity index (χ1n) is 5.17. The van der Waals surface area contributed by atoms with Crippen molar-refractivity contribution in [2.75, 3.05) is 26.4 Å². The summed E-state index contributed by atoms with van der Waals surface area (Å²) in [6, 6.07) is 3.58. The number of aromatic nitrogens is 1. The van der Waals surface area contributed by atoms with E-state index in [-0.39, 0.29) is 5.91 Å². The standard InChI is InChI=1S/C11H18N4O/c1-8(15(2)3)6-14-11(16)9-4-5-10(12)13-7-9/h4-5,7-8H,6H2,1-3H3,(H2,12,13)(H,14,16). The van der Waals surface area contributed by atoms with Gasteiger partial charge in [0.25, 0.3) is 5.91 Å². The van der Waals surface area contributed by atoms with Gasteiger partial charge in [0, 0.05) is 18.8 Å². The lowest BCUT2D eigenvalue weighted by Gasteiger charge is -2.19. The Labute approximate surface area is 95.7 Å². The normalized spacial score (nSPS) is 12.5. The highest BCUT2D eigenvalue weighted by Gasteiger charge is 2.09. The zero-order chi connectivity index (χ0) is 12.1. The van der Waals surface area contributed by atoms with E-state index in [1.165, 1.54) is 6.20 Å². The van der Waals surface area contributed by atoms with Crippen LogP contribution in [-0.2, 0) is 0 Å². The van der Waals surface area contributed by atoms with Gasteiger partial charge < -0.3 is 16.0 Å². The SMILES string of the molecule is CC(CNC(=O)c1ccc(N)nc1)N(C)C. The molecule has 0 fully saturated rings. The smallest absolute Gasteiger partial charge is 0.252 e. The summed E-state index contributed by atoms with van der Waals surface area (Å²) in [7, 11) is 3.95. The van der Waals surface area contributed by atoms with E-state index < -0.39 is 0 Å². The van der Waals surface area contributed by atoms with Gasteiger partial charge in [-0.05, 0) is 33.2 Å². The van der Waals surface area contributed by atoms with Crippen LogP contribution in [0.2, 0.25) is 0 Å². The Morgan fingerprint density at radius 2 is 2.25 bits per heavy atom. The molecule has 16 heavy (non-hydrogen) atoms. The Bertz CT molecular complexity index is 348. The fourth-order valence-electron chi connectivity index (χ4n) is 1.06. The average molecular weight is 222 g/mol. The van der Waals surface area contributed by atoms with Crippen molar-refractivity contribution in [3.8, 4) is 0 Å². The maximum absolute atomic E-state index is 11.7. The Balaban J connectivity index is 2.50. The van der Waals surface area contributed by atoms with E-state index in [1.807, 2.05) is 25.9 Å². The highest BCUT2D eigenvalue weighted by molar-refractivity contribution is 5.94. The molecule has 0 saturated carbocycles. The average Bonchev–Trinajstić information content (AvgIpc) is 2.26. The van der Waals surface area contributed by atoms with E-state index >= 15 is 0 Å². The molecule has 0 radical (unpaired) electrons. The molecule has 1 amide bonds. The van der Waals surface area contributed by atoms with E-state index in [4.69, 9.17) is 5.73 Å². The monoisotopic (exact) mass is 222 g/mol. The first-order chi connectivity index (χ1) is 7.50. The number of nitrogens with zero attached hydrogens (tertiary/aromatic N) is 2. The van der Waals surface area contributed by atoms with Gasteiger partial charge in [0.2, 0.25) is 0 Å². The van der Waals surface area contributed by atoms with Crippen molar-refractivity contribution in [1.82, 2.24) is 15.2 Å². The van der Waals surface area contributed by atoms with E-state index in [9.17, 15) is 4.79 Å². The van der Waals surface area contributed by atoms with Gasteiger partial charge >= 0.3 is 0 Å². The van der Waals surface area contributed by atoms with Gasteiger partial charge in [-0.1, -0.05) is 0 Å². The molecule has 0 aliphatic rings. The van der Waals surface area contributed by atoms with Gasteiger partial charge in [0.05, 0.1) is 5.56 Å². The Morgan fingerprint density at radius 1 is 1.56 bits per heavy atom. The summed E-state index contributed by atoms with van der Waals surface area (Å²) in [6.07, 6.45) is 1.48. The van der Waals surface area contributed by atoms with Crippen molar-refractivity contribution in [3.05, 3.63) is 23.9 Å². The number of nitrogens with one attached hydrogen (secondary N) is 1. The van der Waals surface area contributed by atoms with Gasteiger partial charge in [-0.15, -0.1) is 0 Å². The van der Waals surface area contributed by atoms with Crippen LogP contribution in [-0.4, -0.2) is 42.5 Å². The minimum atomic E-state index is -0.124. The van der Waals surface area contributed by atoms with E-state index in [2.05, 4.69) is 10.3 Å². The molecule has 1 unspecified atom stereocenters. The summed E-state index contributed by atoms with van der Waals surface area (Å²) >= 11 is 0. The van der Waals surface area contributed by atoms with Crippen LogP contribution < -0.4 is 11.1 Å². The number of likely N-dealkylation sites (N-methyl/N-ethyl adjacent to an activating group) is 1. The van der Waals surface area contributed by atoms with Crippen LogP contribution in [0.15, 0.2) is 18.3 Å². The van der Waals surface area contributed by atoms with Crippen LogP contribution in [0.5, 0.6) is 0 Å². The number of carbonyl (C=O) groups excluding carboxylic acids is 1. The van der Waals surface area contributed by atoms with Crippen LogP contribution in [0.1, 0.15) is 17.3 Å². The predicted molar refractivity (Wildman–Crippen MR) is 64.1 cm³/mol. The molecule has 1 atom stereocenters. The molecule has 1 aromatic heterocycles. The lowest BCUT2D eigenvalue weighted by molar-refractivity contribution is 0.0943. The van der Waals surface area contributed by atoms with Crippen molar-refractivity contribution in [3.63, 3.8) is 0 Å². The molecule has 0 aliphatic heterocycles. The quantitative estimate of drug-likeness (QED) is 0.771. The number of rotatable bonds is 4. The van der Waals surface area contributed by atoms with Crippen molar-refractivity contribution in [2.24, 2.45) is 0 Å². The van der Waals surface area contributed by atoms with Gasteiger partial charge in [0.1, 0.15) is 5.82 Å². The van der Waals surface area contributed by atoms with Crippen LogP contribution in [0.25, 0.3) is 0 Å². The highest BCUT2D eigenvalue weighted by atomic mass is 16.1. The summed E-state index contributed by atoms with van der Waals surface area (Å²) in [6.45, 7) is 2.65. The van der Waals surface area contributed by atoms with Crippen LogP contribution >= 0.6 is 0 Å². The second-order valence-electron chi connectivity index (χ2n) is 3.99. The highest BCUT2D eigenvalue weighted by Crippen LogP contribution is 2.01. The van der Waals surface area contributed by atoms with Crippen molar-refractivity contribution >= 4 is 11.7 Å². The fraction of sp³-hybridized carbons (Fsp3) is 0.455. The van der Waals surface area contributed by atoms with Crippen LogP contribution in [0.4, 0.5) is 5.82 Å². The summed E-state index contributed by atoms with van der Waals surface area (Å²) in [5.41, 5.74) is 5.97.